The summed E-state index contributed by atoms with van der Waals surface area (Å²) >= 11 is 0. The maximum absolute atomic E-state index is 13.2. The molecule has 1 atom stereocenters. The van der Waals surface area contributed by atoms with Gasteiger partial charge in [-0.05, 0) is 20.3 Å². The lowest BCUT2D eigenvalue weighted by atomic mass is 10.1. The molecule has 1 amide bonds. The number of hydrogen-bond donors (Lipinski definition) is 1. The highest BCUT2D eigenvalue weighted by molar-refractivity contribution is 5.96. The van der Waals surface area contributed by atoms with Gasteiger partial charge in [-0.25, -0.2) is 0 Å². The van der Waals surface area contributed by atoms with Gasteiger partial charge >= 0.3 is 12.1 Å². The zero-order valence-electron chi connectivity index (χ0n) is 12.1. The minimum absolute atomic E-state index is 0.0850. The third-order valence-corrected chi connectivity index (χ3v) is 3.61. The first-order chi connectivity index (χ1) is 10.1. The first-order valence-corrected chi connectivity index (χ1v) is 6.79. The maximum Gasteiger partial charge on any atom is 0.433 e. The summed E-state index contributed by atoms with van der Waals surface area (Å²) in [4.78, 5) is 24.3. The van der Waals surface area contributed by atoms with Crippen LogP contribution in [0.2, 0.25) is 0 Å². The standard InChI is InChI=1S/C13H16F3N3O3/c1-7(2)19-10(13(14,15)16)9(5-17-19)11(20)18-4-3-8(6-18)12(21)22/h5,7-8H,3-4,6H2,1-2H3,(H,21,22)/t8-/m0/s1. The molecule has 1 aromatic rings. The molecule has 0 aromatic carbocycles. The van der Waals surface area contributed by atoms with Crippen LogP contribution in [0.5, 0.6) is 0 Å². The maximum atomic E-state index is 13.2. The number of carboxylic acids is 1. The van der Waals surface area contributed by atoms with Gasteiger partial charge in [0, 0.05) is 19.1 Å². The number of halogens is 3. The van der Waals surface area contributed by atoms with Gasteiger partial charge in [0.15, 0.2) is 5.69 Å². The average Bonchev–Trinajstić information content (AvgIpc) is 3.04. The Morgan fingerprint density at radius 1 is 1.41 bits per heavy atom. The number of aliphatic carboxylic acids is 1. The Morgan fingerprint density at radius 3 is 2.50 bits per heavy atom. The molecule has 1 N–H and O–H groups in total. The number of amides is 1. The number of aromatic nitrogens is 2. The molecular formula is C13H16F3N3O3. The van der Waals surface area contributed by atoms with Crippen molar-refractivity contribution in [2.75, 3.05) is 13.1 Å². The van der Waals surface area contributed by atoms with Crippen LogP contribution in [0.15, 0.2) is 6.20 Å². The van der Waals surface area contributed by atoms with Gasteiger partial charge in [0.25, 0.3) is 5.91 Å². The first-order valence-electron chi connectivity index (χ1n) is 6.79. The smallest absolute Gasteiger partial charge is 0.433 e. The van der Waals surface area contributed by atoms with Crippen molar-refractivity contribution in [3.63, 3.8) is 0 Å². The molecule has 0 unspecified atom stereocenters. The fraction of sp³-hybridized carbons (Fsp3) is 0.615. The highest BCUT2D eigenvalue weighted by Crippen LogP contribution is 2.34. The number of carbonyl (C=O) groups is 2. The second kappa shape index (κ2) is 5.62. The minimum Gasteiger partial charge on any atom is -0.481 e. The summed E-state index contributed by atoms with van der Waals surface area (Å²) in [6, 6.07) is -0.552. The van der Waals surface area contributed by atoms with E-state index in [-0.39, 0.29) is 19.5 Å². The molecule has 1 aliphatic heterocycles. The fourth-order valence-electron chi connectivity index (χ4n) is 2.51. The van der Waals surface area contributed by atoms with E-state index < -0.39 is 41.3 Å². The van der Waals surface area contributed by atoms with Crippen molar-refractivity contribution in [1.29, 1.82) is 0 Å². The van der Waals surface area contributed by atoms with Crippen LogP contribution < -0.4 is 0 Å². The second-order valence-electron chi connectivity index (χ2n) is 5.52. The Hall–Kier alpha value is -2.06. The van der Waals surface area contributed by atoms with Gasteiger partial charge in [0.2, 0.25) is 0 Å². The monoisotopic (exact) mass is 319 g/mol. The molecule has 1 saturated heterocycles. The van der Waals surface area contributed by atoms with E-state index in [1.807, 2.05) is 0 Å². The highest BCUT2D eigenvalue weighted by Gasteiger charge is 2.42. The lowest BCUT2D eigenvalue weighted by Gasteiger charge is -2.18. The van der Waals surface area contributed by atoms with Gasteiger partial charge in [-0.15, -0.1) is 0 Å². The first kappa shape index (κ1) is 16.3. The van der Waals surface area contributed by atoms with E-state index in [4.69, 9.17) is 5.11 Å². The zero-order chi connectivity index (χ0) is 16.7. The topological polar surface area (TPSA) is 75.4 Å². The van der Waals surface area contributed by atoms with Gasteiger partial charge in [-0.3, -0.25) is 14.3 Å². The quantitative estimate of drug-likeness (QED) is 0.925. The van der Waals surface area contributed by atoms with Crippen molar-refractivity contribution in [2.45, 2.75) is 32.5 Å². The Labute approximate surface area is 124 Å². The molecule has 1 fully saturated rings. The molecule has 0 bridgehead atoms. The Morgan fingerprint density at radius 2 is 2.05 bits per heavy atom. The van der Waals surface area contributed by atoms with Gasteiger partial charge in [-0.2, -0.15) is 18.3 Å². The number of hydrogen-bond acceptors (Lipinski definition) is 3. The van der Waals surface area contributed by atoms with Crippen molar-refractivity contribution in [1.82, 2.24) is 14.7 Å². The molecule has 0 radical (unpaired) electrons. The molecular weight excluding hydrogens is 303 g/mol. The van der Waals surface area contributed by atoms with Crippen LogP contribution in [-0.2, 0) is 11.0 Å². The molecule has 2 rings (SSSR count). The number of carbonyl (C=O) groups excluding carboxylic acids is 1. The lowest BCUT2D eigenvalue weighted by Crippen LogP contribution is -2.31. The number of nitrogens with zero attached hydrogens (tertiary/aromatic N) is 3. The van der Waals surface area contributed by atoms with Crippen molar-refractivity contribution in [3.05, 3.63) is 17.5 Å². The van der Waals surface area contributed by atoms with Gasteiger partial charge in [-0.1, -0.05) is 0 Å². The van der Waals surface area contributed by atoms with Crippen molar-refractivity contribution in [2.24, 2.45) is 5.92 Å². The molecule has 6 nitrogen and oxygen atoms in total. The fourth-order valence-corrected chi connectivity index (χ4v) is 2.51. The number of alkyl halides is 3. The lowest BCUT2D eigenvalue weighted by molar-refractivity contribution is -0.145. The molecule has 22 heavy (non-hydrogen) atoms. The van der Waals surface area contributed by atoms with Crippen LogP contribution in [-0.4, -0.2) is 44.8 Å². The van der Waals surface area contributed by atoms with Crippen molar-refractivity contribution in [3.8, 4) is 0 Å². The van der Waals surface area contributed by atoms with E-state index in [2.05, 4.69) is 5.10 Å². The predicted octanol–water partition coefficient (Wildman–Crippen LogP) is 2.03. The van der Waals surface area contributed by atoms with Crippen LogP contribution in [0.25, 0.3) is 0 Å². The highest BCUT2D eigenvalue weighted by atomic mass is 19.4. The molecule has 9 heteroatoms. The summed E-state index contributed by atoms with van der Waals surface area (Å²) in [5, 5.41) is 12.6. The molecule has 1 aliphatic rings. The second-order valence-corrected chi connectivity index (χ2v) is 5.52. The van der Waals surface area contributed by atoms with Crippen LogP contribution in [0, 0.1) is 5.92 Å². The Bertz CT molecular complexity index is 595. The van der Waals surface area contributed by atoms with Crippen LogP contribution in [0.3, 0.4) is 0 Å². The Balaban J connectivity index is 2.33. The molecule has 122 valence electrons. The summed E-state index contributed by atoms with van der Waals surface area (Å²) < 4.78 is 40.4. The van der Waals surface area contributed by atoms with E-state index in [1.165, 1.54) is 13.8 Å². The van der Waals surface area contributed by atoms with Crippen LogP contribution >= 0.6 is 0 Å². The van der Waals surface area contributed by atoms with E-state index in [0.29, 0.717) is 0 Å². The third kappa shape index (κ3) is 2.93. The molecule has 0 spiro atoms. The minimum atomic E-state index is -4.71. The molecule has 2 heterocycles. The summed E-state index contributed by atoms with van der Waals surface area (Å²) in [6.07, 6.45) is -3.57. The Kier molecular flexibility index (Phi) is 4.17. The van der Waals surface area contributed by atoms with E-state index in [1.54, 1.807) is 0 Å². The van der Waals surface area contributed by atoms with E-state index in [0.717, 1.165) is 15.8 Å². The van der Waals surface area contributed by atoms with Crippen LogP contribution in [0.1, 0.15) is 42.4 Å². The van der Waals surface area contributed by atoms with Gasteiger partial charge in [0.05, 0.1) is 17.7 Å². The summed E-state index contributed by atoms with van der Waals surface area (Å²) in [5.41, 5.74) is -1.63. The zero-order valence-corrected chi connectivity index (χ0v) is 12.1. The number of rotatable bonds is 3. The predicted molar refractivity (Wildman–Crippen MR) is 69.3 cm³/mol. The van der Waals surface area contributed by atoms with E-state index >= 15 is 0 Å². The summed E-state index contributed by atoms with van der Waals surface area (Å²) in [5.74, 6) is -2.62. The number of carboxylic acid groups (broad SMARTS) is 1. The molecule has 0 aliphatic carbocycles. The normalized spacial score (nSPS) is 19.0. The summed E-state index contributed by atoms with van der Waals surface area (Å²) in [6.45, 7) is 3.11. The third-order valence-electron chi connectivity index (χ3n) is 3.61. The SMILES string of the molecule is CC(C)n1ncc(C(=O)N2CC[C@H](C(=O)O)C2)c1C(F)(F)F. The molecule has 0 saturated carbocycles. The number of likely N-dealkylation sites (tertiary alicyclic amines) is 1. The largest absolute Gasteiger partial charge is 0.481 e. The van der Waals surface area contributed by atoms with Crippen LogP contribution in [0.4, 0.5) is 13.2 Å². The molecule has 1 aromatic heterocycles. The summed E-state index contributed by atoms with van der Waals surface area (Å²) in [7, 11) is 0. The average molecular weight is 319 g/mol. The van der Waals surface area contributed by atoms with Crippen molar-refractivity contribution < 1.29 is 27.9 Å². The van der Waals surface area contributed by atoms with Gasteiger partial charge < -0.3 is 10.0 Å². The van der Waals surface area contributed by atoms with Crippen molar-refractivity contribution >= 4 is 11.9 Å². The van der Waals surface area contributed by atoms with Gasteiger partial charge in [0.1, 0.15) is 0 Å². The van der Waals surface area contributed by atoms with E-state index in [9.17, 15) is 22.8 Å².